The third-order valence-electron chi connectivity index (χ3n) is 10.2. The highest BCUT2D eigenvalue weighted by molar-refractivity contribution is 7.47. The molecule has 8 nitrogen and oxygen atoms in total. The Hall–Kier alpha value is -1.02. The van der Waals surface area contributed by atoms with Crippen molar-refractivity contribution in [3.05, 3.63) is 24.3 Å². The Morgan fingerprint density at radius 2 is 1.06 bits per heavy atom. The number of unbranched alkanes of at least 4 members (excludes halogenated alkanes) is 24. The first kappa shape index (κ1) is 53.0. The van der Waals surface area contributed by atoms with Crippen LogP contribution in [0.3, 0.4) is 0 Å². The number of amides is 1. The van der Waals surface area contributed by atoms with Crippen LogP contribution < -0.4 is 5.32 Å². The van der Waals surface area contributed by atoms with Gasteiger partial charge < -0.3 is 19.8 Å². The molecule has 3 unspecified atom stereocenters. The second kappa shape index (κ2) is 37.6. The second-order valence-corrected chi connectivity index (χ2v) is 18.2. The second-order valence-electron chi connectivity index (χ2n) is 16.8. The van der Waals surface area contributed by atoms with Crippen LogP contribution in [0, 0.1) is 0 Å². The molecule has 0 rings (SSSR count). The third kappa shape index (κ3) is 39.2. The van der Waals surface area contributed by atoms with E-state index in [-0.39, 0.29) is 19.1 Å². The SMILES string of the molecule is CCCCCCCCCCC/C=C\C/C=C\CCCCCCCCCC(=O)NC(COP(=O)(O)OCC[N+](C)(C)C)C(O)CCCCCCCCCCC. The van der Waals surface area contributed by atoms with Crippen LogP contribution in [0.15, 0.2) is 24.3 Å². The van der Waals surface area contributed by atoms with E-state index < -0.39 is 20.0 Å². The molecule has 9 heteroatoms. The van der Waals surface area contributed by atoms with Gasteiger partial charge >= 0.3 is 7.82 Å². The number of carbonyl (C=O) groups is 1. The largest absolute Gasteiger partial charge is 0.472 e. The molecule has 3 atom stereocenters. The quantitative estimate of drug-likeness (QED) is 0.0247. The highest BCUT2D eigenvalue weighted by atomic mass is 31.2. The van der Waals surface area contributed by atoms with E-state index in [0.29, 0.717) is 23.9 Å². The Labute approximate surface area is 334 Å². The topological polar surface area (TPSA) is 105 Å². The van der Waals surface area contributed by atoms with Crippen molar-refractivity contribution in [2.45, 2.75) is 219 Å². The van der Waals surface area contributed by atoms with Crippen LogP contribution in [0.2, 0.25) is 0 Å². The number of phosphoric ester groups is 1. The summed E-state index contributed by atoms with van der Waals surface area (Å²) in [6, 6.07) is -0.761. The Morgan fingerprint density at radius 3 is 1.52 bits per heavy atom. The van der Waals surface area contributed by atoms with Crippen LogP contribution in [-0.2, 0) is 18.4 Å². The number of quaternary nitrogens is 1. The zero-order valence-corrected chi connectivity index (χ0v) is 37.1. The lowest BCUT2D eigenvalue weighted by molar-refractivity contribution is -0.870. The molecule has 1 amide bonds. The number of allylic oxidation sites excluding steroid dienone is 4. The maximum absolute atomic E-state index is 12.9. The smallest absolute Gasteiger partial charge is 0.391 e. The first-order valence-electron chi connectivity index (χ1n) is 22.7. The molecule has 0 spiro atoms. The molecule has 54 heavy (non-hydrogen) atoms. The van der Waals surface area contributed by atoms with Crippen LogP contribution in [-0.4, -0.2) is 73.4 Å². The zero-order chi connectivity index (χ0) is 40.0. The molecule has 0 bridgehead atoms. The van der Waals surface area contributed by atoms with E-state index in [1.54, 1.807) is 0 Å². The van der Waals surface area contributed by atoms with Gasteiger partial charge in [-0.3, -0.25) is 13.8 Å². The molecule has 0 aliphatic carbocycles. The van der Waals surface area contributed by atoms with Crippen molar-refractivity contribution in [3.63, 3.8) is 0 Å². The van der Waals surface area contributed by atoms with Crippen LogP contribution in [0.25, 0.3) is 0 Å². The molecule has 0 radical (unpaired) electrons. The number of hydrogen-bond donors (Lipinski definition) is 3. The molecule has 0 saturated carbocycles. The van der Waals surface area contributed by atoms with Gasteiger partial charge in [0.25, 0.3) is 0 Å². The average Bonchev–Trinajstić information content (AvgIpc) is 3.12. The van der Waals surface area contributed by atoms with E-state index in [9.17, 15) is 19.4 Å². The lowest BCUT2D eigenvalue weighted by Gasteiger charge is -2.26. The zero-order valence-electron chi connectivity index (χ0n) is 36.2. The number of aliphatic hydroxyl groups is 1. The monoisotopic (exact) mass is 786 g/mol. The highest BCUT2D eigenvalue weighted by Gasteiger charge is 2.28. The van der Waals surface area contributed by atoms with Crippen molar-refractivity contribution >= 4 is 13.7 Å². The number of nitrogens with zero attached hydrogens (tertiary/aromatic N) is 1. The van der Waals surface area contributed by atoms with Gasteiger partial charge in [0.2, 0.25) is 5.91 Å². The normalized spacial score (nSPS) is 14.6. The predicted molar refractivity (Wildman–Crippen MR) is 231 cm³/mol. The fraction of sp³-hybridized carbons (Fsp3) is 0.889. The van der Waals surface area contributed by atoms with Crippen molar-refractivity contribution in [1.29, 1.82) is 0 Å². The minimum atomic E-state index is -4.31. The summed E-state index contributed by atoms with van der Waals surface area (Å²) in [5.74, 6) is -0.154. The van der Waals surface area contributed by atoms with Crippen molar-refractivity contribution in [2.24, 2.45) is 0 Å². The van der Waals surface area contributed by atoms with Gasteiger partial charge in [-0.05, 0) is 44.9 Å². The summed E-state index contributed by atoms with van der Waals surface area (Å²) in [4.78, 5) is 23.1. The minimum Gasteiger partial charge on any atom is -0.391 e. The van der Waals surface area contributed by atoms with Crippen LogP contribution in [0.4, 0.5) is 0 Å². The van der Waals surface area contributed by atoms with Gasteiger partial charge in [-0.25, -0.2) is 4.57 Å². The number of hydrogen-bond acceptors (Lipinski definition) is 5. The molecule has 0 aromatic carbocycles. The van der Waals surface area contributed by atoms with Crippen molar-refractivity contribution in [1.82, 2.24) is 5.32 Å². The van der Waals surface area contributed by atoms with E-state index in [0.717, 1.165) is 51.4 Å². The summed E-state index contributed by atoms with van der Waals surface area (Å²) in [6.07, 6.45) is 43.6. The van der Waals surface area contributed by atoms with Crippen molar-refractivity contribution in [2.75, 3.05) is 40.9 Å². The number of aliphatic hydroxyl groups excluding tert-OH is 1. The van der Waals surface area contributed by atoms with Gasteiger partial charge in [-0.15, -0.1) is 0 Å². The van der Waals surface area contributed by atoms with Crippen molar-refractivity contribution in [3.8, 4) is 0 Å². The predicted octanol–water partition coefficient (Wildman–Crippen LogP) is 12.5. The van der Waals surface area contributed by atoms with E-state index in [1.807, 2.05) is 21.1 Å². The number of rotatable bonds is 41. The van der Waals surface area contributed by atoms with Crippen LogP contribution >= 0.6 is 7.82 Å². The van der Waals surface area contributed by atoms with Crippen molar-refractivity contribution < 1.29 is 32.9 Å². The summed E-state index contributed by atoms with van der Waals surface area (Å²) < 4.78 is 23.5. The highest BCUT2D eigenvalue weighted by Crippen LogP contribution is 2.43. The fourth-order valence-electron chi connectivity index (χ4n) is 6.55. The molecule has 320 valence electrons. The summed E-state index contributed by atoms with van der Waals surface area (Å²) in [5.41, 5.74) is 0. The first-order chi connectivity index (χ1) is 26.0. The van der Waals surface area contributed by atoms with Gasteiger partial charge in [0, 0.05) is 6.42 Å². The molecule has 0 saturated heterocycles. The van der Waals surface area contributed by atoms with Crippen LogP contribution in [0.1, 0.15) is 206 Å². The maximum Gasteiger partial charge on any atom is 0.472 e. The standard InChI is InChI=1S/C45H89N2O6P/c1-6-8-10-12-14-16-17-18-19-20-21-22-23-24-25-26-27-28-29-31-33-35-37-39-45(49)46-43(42-53-54(50,51)52-41-40-47(3,4)5)44(48)38-36-34-32-30-15-13-11-9-7-2/h21-22,24-25,43-44,48H,6-20,23,26-42H2,1-5H3,(H-,46,49,50,51)/p+1/b22-21-,25-24-. The van der Waals surface area contributed by atoms with Gasteiger partial charge in [0.05, 0.1) is 39.9 Å². The molecule has 0 aliphatic heterocycles. The summed E-state index contributed by atoms with van der Waals surface area (Å²) >= 11 is 0. The van der Waals surface area contributed by atoms with Gasteiger partial charge in [-0.2, -0.15) is 0 Å². The lowest BCUT2D eigenvalue weighted by atomic mass is 10.0. The lowest BCUT2D eigenvalue weighted by Crippen LogP contribution is -2.46. The Morgan fingerprint density at radius 1 is 0.630 bits per heavy atom. The number of carbonyl (C=O) groups excluding carboxylic acids is 1. The van der Waals surface area contributed by atoms with Gasteiger partial charge in [0.1, 0.15) is 13.2 Å². The fourth-order valence-corrected chi connectivity index (χ4v) is 7.28. The molecular formula is C45H90N2O6P+. The van der Waals surface area contributed by atoms with E-state index >= 15 is 0 Å². The first-order valence-corrected chi connectivity index (χ1v) is 24.2. The maximum atomic E-state index is 12.9. The Balaban J connectivity index is 4.21. The van der Waals surface area contributed by atoms with Gasteiger partial charge in [-0.1, -0.05) is 179 Å². The molecule has 0 aromatic heterocycles. The van der Waals surface area contributed by atoms with Gasteiger partial charge in [0.15, 0.2) is 0 Å². The van der Waals surface area contributed by atoms with E-state index in [4.69, 9.17) is 9.05 Å². The number of likely N-dealkylation sites (N-methyl/N-ethyl adjacent to an activating group) is 1. The summed E-state index contributed by atoms with van der Waals surface area (Å²) in [5, 5.41) is 13.9. The molecule has 0 aromatic rings. The van der Waals surface area contributed by atoms with E-state index in [2.05, 4.69) is 43.5 Å². The molecule has 0 fully saturated rings. The molecule has 0 heterocycles. The summed E-state index contributed by atoms with van der Waals surface area (Å²) in [7, 11) is 1.61. The summed E-state index contributed by atoms with van der Waals surface area (Å²) in [6.45, 7) is 4.86. The molecule has 0 aliphatic rings. The Bertz CT molecular complexity index is 938. The Kier molecular flexibility index (Phi) is 36.8. The number of phosphoric acid groups is 1. The van der Waals surface area contributed by atoms with Crippen LogP contribution in [0.5, 0.6) is 0 Å². The third-order valence-corrected chi connectivity index (χ3v) is 11.2. The molecular weight excluding hydrogens is 695 g/mol. The minimum absolute atomic E-state index is 0.0731. The van der Waals surface area contributed by atoms with E-state index in [1.165, 1.54) is 128 Å². The molecule has 3 N–H and O–H groups in total. The number of nitrogens with one attached hydrogen (secondary N) is 1. The average molecular weight is 786 g/mol.